The van der Waals surface area contributed by atoms with Gasteiger partial charge in [0, 0.05) is 33.0 Å². The molecule has 7 heteroatoms. The summed E-state index contributed by atoms with van der Waals surface area (Å²) in [6.07, 6.45) is 2.00. The molecule has 1 aromatic carbocycles. The first-order chi connectivity index (χ1) is 10.5. The third kappa shape index (κ3) is 6.91. The topological polar surface area (TPSA) is 79.8 Å². The summed E-state index contributed by atoms with van der Waals surface area (Å²) < 4.78 is 28.0. The van der Waals surface area contributed by atoms with Crippen molar-refractivity contribution in [1.82, 2.24) is 10.6 Å². The number of benzene rings is 1. The van der Waals surface area contributed by atoms with Gasteiger partial charge in [0.2, 0.25) is 0 Å². The van der Waals surface area contributed by atoms with Gasteiger partial charge in [-0.3, -0.25) is 4.99 Å². The summed E-state index contributed by atoms with van der Waals surface area (Å²) in [4.78, 5) is 4.47. The highest BCUT2D eigenvalue weighted by molar-refractivity contribution is 7.90. The molecule has 0 unspecified atom stereocenters. The Morgan fingerprint density at radius 1 is 1.18 bits per heavy atom. The summed E-state index contributed by atoms with van der Waals surface area (Å²) in [7, 11) is -1.41. The van der Waals surface area contributed by atoms with E-state index in [4.69, 9.17) is 4.74 Å². The van der Waals surface area contributed by atoms with Crippen LogP contribution in [0.2, 0.25) is 0 Å². The Hall–Kier alpha value is -1.60. The number of guanidine groups is 1. The van der Waals surface area contributed by atoms with Gasteiger partial charge in [-0.2, -0.15) is 0 Å². The van der Waals surface area contributed by atoms with E-state index < -0.39 is 9.84 Å². The molecule has 0 amide bonds. The maximum Gasteiger partial charge on any atom is 0.191 e. The van der Waals surface area contributed by atoms with Crippen molar-refractivity contribution in [2.45, 2.75) is 18.2 Å². The second-order valence-corrected chi connectivity index (χ2v) is 6.80. The summed E-state index contributed by atoms with van der Waals surface area (Å²) in [6, 6.07) is 6.95. The average molecular weight is 327 g/mol. The van der Waals surface area contributed by atoms with Gasteiger partial charge >= 0.3 is 0 Å². The van der Waals surface area contributed by atoms with Crippen LogP contribution in [-0.4, -0.2) is 54.0 Å². The monoisotopic (exact) mass is 327 g/mol. The average Bonchev–Trinajstić information content (AvgIpc) is 2.49. The fourth-order valence-electron chi connectivity index (χ4n) is 1.84. The van der Waals surface area contributed by atoms with Crippen LogP contribution < -0.4 is 10.6 Å². The first-order valence-electron chi connectivity index (χ1n) is 7.28. The van der Waals surface area contributed by atoms with Crippen molar-refractivity contribution in [3.63, 3.8) is 0 Å². The van der Waals surface area contributed by atoms with Crippen molar-refractivity contribution in [2.75, 3.05) is 39.6 Å². The van der Waals surface area contributed by atoms with E-state index in [9.17, 15) is 8.42 Å². The SMILES string of the molecule is CCOCCNC(=NC)NCCc1ccc(S(C)(=O)=O)cc1. The quantitative estimate of drug-likeness (QED) is 0.420. The number of nitrogens with one attached hydrogen (secondary N) is 2. The molecule has 0 saturated carbocycles. The molecule has 1 aromatic rings. The van der Waals surface area contributed by atoms with Crippen LogP contribution in [0, 0.1) is 0 Å². The van der Waals surface area contributed by atoms with Gasteiger partial charge in [-0.05, 0) is 31.0 Å². The minimum atomic E-state index is -3.13. The lowest BCUT2D eigenvalue weighted by molar-refractivity contribution is 0.152. The molecule has 0 aliphatic carbocycles. The zero-order valence-corrected chi connectivity index (χ0v) is 14.2. The fourth-order valence-corrected chi connectivity index (χ4v) is 2.47. The van der Waals surface area contributed by atoms with Crippen LogP contribution in [0.25, 0.3) is 0 Å². The molecular weight excluding hydrogens is 302 g/mol. The molecule has 124 valence electrons. The van der Waals surface area contributed by atoms with E-state index in [0.717, 1.165) is 17.9 Å². The molecule has 0 aliphatic rings. The van der Waals surface area contributed by atoms with Crippen molar-refractivity contribution in [3.05, 3.63) is 29.8 Å². The molecule has 6 nitrogen and oxygen atoms in total. The highest BCUT2D eigenvalue weighted by Crippen LogP contribution is 2.10. The van der Waals surface area contributed by atoms with Crippen LogP contribution in [-0.2, 0) is 21.0 Å². The zero-order chi connectivity index (χ0) is 16.4. The molecule has 0 bridgehead atoms. The minimum Gasteiger partial charge on any atom is -0.380 e. The molecule has 0 atom stereocenters. The summed E-state index contributed by atoms with van der Waals surface area (Å²) in [5, 5.41) is 6.36. The first-order valence-corrected chi connectivity index (χ1v) is 9.17. The minimum absolute atomic E-state index is 0.345. The van der Waals surface area contributed by atoms with Gasteiger partial charge in [-0.25, -0.2) is 8.42 Å². The molecular formula is C15H25N3O3S. The predicted octanol–water partition coefficient (Wildman–Crippen LogP) is 0.834. The molecule has 0 fully saturated rings. The summed E-state index contributed by atoms with van der Waals surface area (Å²) >= 11 is 0. The van der Waals surface area contributed by atoms with Crippen LogP contribution in [0.5, 0.6) is 0 Å². The molecule has 1 rings (SSSR count). The van der Waals surface area contributed by atoms with Gasteiger partial charge in [0.15, 0.2) is 15.8 Å². The molecule has 22 heavy (non-hydrogen) atoms. The van der Waals surface area contributed by atoms with E-state index >= 15 is 0 Å². The fraction of sp³-hybridized carbons (Fsp3) is 0.533. The molecule has 0 aliphatic heterocycles. The van der Waals surface area contributed by atoms with E-state index in [1.807, 2.05) is 19.1 Å². The number of nitrogens with zero attached hydrogens (tertiary/aromatic N) is 1. The van der Waals surface area contributed by atoms with Crippen molar-refractivity contribution in [3.8, 4) is 0 Å². The van der Waals surface area contributed by atoms with Crippen LogP contribution in [0.1, 0.15) is 12.5 Å². The Bertz CT molecular complexity index is 568. The van der Waals surface area contributed by atoms with E-state index in [1.165, 1.54) is 6.26 Å². The Labute approximate surface area is 132 Å². The standard InChI is InChI=1S/C15H25N3O3S/c1-4-21-12-11-18-15(16-2)17-10-9-13-5-7-14(8-6-13)22(3,19)20/h5-8H,4,9-12H2,1-3H3,(H2,16,17,18). The van der Waals surface area contributed by atoms with Crippen molar-refractivity contribution >= 4 is 15.8 Å². The second kappa shape index (κ2) is 9.42. The van der Waals surface area contributed by atoms with Crippen LogP contribution in [0.15, 0.2) is 34.2 Å². The molecule has 0 spiro atoms. The molecule has 0 saturated heterocycles. The maximum atomic E-state index is 11.4. The van der Waals surface area contributed by atoms with E-state index in [2.05, 4.69) is 15.6 Å². The van der Waals surface area contributed by atoms with Crippen LogP contribution in [0.4, 0.5) is 0 Å². The Kier molecular flexibility index (Phi) is 7.90. The van der Waals surface area contributed by atoms with Crippen molar-refractivity contribution in [1.29, 1.82) is 0 Å². The number of hydrogen-bond donors (Lipinski definition) is 2. The molecule has 0 heterocycles. The summed E-state index contributed by atoms with van der Waals surface area (Å²) in [5.74, 6) is 0.729. The summed E-state index contributed by atoms with van der Waals surface area (Å²) in [5.41, 5.74) is 1.07. The van der Waals surface area contributed by atoms with Crippen molar-refractivity contribution < 1.29 is 13.2 Å². The molecule has 0 aromatic heterocycles. The van der Waals surface area contributed by atoms with E-state index in [-0.39, 0.29) is 0 Å². The normalized spacial score (nSPS) is 12.2. The highest BCUT2D eigenvalue weighted by atomic mass is 32.2. The Balaban J connectivity index is 2.36. The van der Waals surface area contributed by atoms with Gasteiger partial charge in [0.05, 0.1) is 11.5 Å². The Morgan fingerprint density at radius 3 is 2.36 bits per heavy atom. The zero-order valence-electron chi connectivity index (χ0n) is 13.4. The van der Waals surface area contributed by atoms with Gasteiger partial charge in [-0.15, -0.1) is 0 Å². The Morgan fingerprint density at radius 2 is 1.82 bits per heavy atom. The number of hydrogen-bond acceptors (Lipinski definition) is 4. The second-order valence-electron chi connectivity index (χ2n) is 4.79. The van der Waals surface area contributed by atoms with Crippen LogP contribution >= 0.6 is 0 Å². The predicted molar refractivity (Wildman–Crippen MR) is 89.1 cm³/mol. The van der Waals surface area contributed by atoms with Gasteiger partial charge < -0.3 is 15.4 Å². The number of sulfone groups is 1. The lowest BCUT2D eigenvalue weighted by atomic mass is 10.1. The largest absolute Gasteiger partial charge is 0.380 e. The summed E-state index contributed by atoms with van der Waals surface area (Å²) in [6.45, 7) is 4.73. The van der Waals surface area contributed by atoms with Crippen LogP contribution in [0.3, 0.4) is 0 Å². The molecule has 2 N–H and O–H groups in total. The first kappa shape index (κ1) is 18.4. The van der Waals surface area contributed by atoms with Crippen molar-refractivity contribution in [2.24, 2.45) is 4.99 Å². The smallest absolute Gasteiger partial charge is 0.191 e. The maximum absolute atomic E-state index is 11.4. The third-order valence-corrected chi connectivity index (χ3v) is 4.15. The number of rotatable bonds is 8. The van der Waals surface area contributed by atoms with Gasteiger partial charge in [-0.1, -0.05) is 12.1 Å². The lowest BCUT2D eigenvalue weighted by Crippen LogP contribution is -2.39. The number of aliphatic imine (C=N–C) groups is 1. The van der Waals surface area contributed by atoms with E-state index in [1.54, 1.807) is 19.2 Å². The molecule has 0 radical (unpaired) electrons. The highest BCUT2D eigenvalue weighted by Gasteiger charge is 2.06. The lowest BCUT2D eigenvalue weighted by Gasteiger charge is -2.12. The van der Waals surface area contributed by atoms with Gasteiger partial charge in [0.25, 0.3) is 0 Å². The van der Waals surface area contributed by atoms with E-state index in [0.29, 0.717) is 31.2 Å². The number of ether oxygens (including phenoxy) is 1. The van der Waals surface area contributed by atoms with Gasteiger partial charge in [0.1, 0.15) is 0 Å². The third-order valence-electron chi connectivity index (χ3n) is 3.02.